The molecule has 4 saturated heterocycles. The van der Waals surface area contributed by atoms with E-state index in [0.717, 1.165) is 19.3 Å². The highest BCUT2D eigenvalue weighted by Gasteiger charge is 2.48. The topological polar surface area (TPSA) is 545 Å². The zero-order valence-corrected chi connectivity index (χ0v) is 61.5. The van der Waals surface area contributed by atoms with Crippen molar-refractivity contribution in [1.29, 1.82) is 0 Å². The summed E-state index contributed by atoms with van der Waals surface area (Å²) < 4.78 is 53.5. The smallest absolute Gasteiger partial charge is 0.320 e. The van der Waals surface area contributed by atoms with Gasteiger partial charge in [0.1, 0.15) is 92.3 Å². The Hall–Kier alpha value is -5.91. The van der Waals surface area contributed by atoms with Crippen LogP contribution in [0, 0.1) is 11.8 Å². The molecule has 0 aromatic carbocycles. The second-order valence-corrected chi connectivity index (χ2v) is 28.3. The maximum atomic E-state index is 13.7. The second-order valence-electron chi connectivity index (χ2n) is 28.3. The number of aliphatic carboxylic acids is 1. The van der Waals surface area contributed by atoms with E-state index in [9.17, 15) is 80.8 Å². The van der Waals surface area contributed by atoms with Gasteiger partial charge in [0, 0.05) is 101 Å². The number of rotatable bonds is 48. The van der Waals surface area contributed by atoms with Crippen LogP contribution in [-0.4, -0.2) is 321 Å². The number of carbonyl (C=O) groups is 3. The van der Waals surface area contributed by atoms with Crippen LogP contribution in [0.1, 0.15) is 140 Å². The molecule has 0 aliphatic carbocycles. The molecular weight excluding hydrogens is 1410 g/mol. The van der Waals surface area contributed by atoms with Crippen LogP contribution in [0.25, 0.3) is 0 Å². The highest BCUT2D eigenvalue weighted by Crippen LogP contribution is 2.30. The fraction of sp³-hybridized carbons (Fsp3) is 0.836. The van der Waals surface area contributed by atoms with E-state index in [1.54, 1.807) is 34.1 Å². The summed E-state index contributed by atoms with van der Waals surface area (Å²) in [4.78, 5) is 41.4. The van der Waals surface area contributed by atoms with Gasteiger partial charge in [0.2, 0.25) is 23.2 Å². The summed E-state index contributed by atoms with van der Waals surface area (Å²) in [6.45, 7) is 8.35. The molecule has 4 aromatic heterocycles. The molecule has 4 aliphatic heterocycles. The minimum Gasteiger partial charge on any atom is -0.480 e. The molecule has 0 bridgehead atoms. The lowest BCUT2D eigenvalue weighted by Crippen LogP contribution is -2.64. The number of aliphatic hydroxyl groups is 12. The van der Waals surface area contributed by atoms with Crippen molar-refractivity contribution in [3.8, 4) is 0 Å². The number of unbranched alkanes of at least 4 members (excludes halogenated alkanes) is 8. The number of carboxylic acid groups (broad SMARTS) is 1. The molecule has 4 fully saturated rings. The largest absolute Gasteiger partial charge is 0.480 e. The van der Waals surface area contributed by atoms with Gasteiger partial charge in [-0.1, -0.05) is 34.7 Å². The van der Waals surface area contributed by atoms with E-state index in [1.165, 1.54) is 13.8 Å². The van der Waals surface area contributed by atoms with Gasteiger partial charge in [-0.15, -0.1) is 10.2 Å². The van der Waals surface area contributed by atoms with Crippen molar-refractivity contribution in [3.05, 3.63) is 47.6 Å². The van der Waals surface area contributed by atoms with Crippen molar-refractivity contribution in [2.24, 2.45) is 11.8 Å². The van der Waals surface area contributed by atoms with Crippen LogP contribution >= 0.6 is 0 Å². The predicted molar refractivity (Wildman–Crippen MR) is 365 cm³/mol. The van der Waals surface area contributed by atoms with E-state index in [0.29, 0.717) is 146 Å². The third kappa shape index (κ3) is 26.1. The number of amides is 2. The van der Waals surface area contributed by atoms with Crippen molar-refractivity contribution >= 4 is 17.8 Å². The Morgan fingerprint density at radius 2 is 0.860 bits per heavy atom. The van der Waals surface area contributed by atoms with Gasteiger partial charge in [-0.25, -0.2) is 0 Å². The number of aromatic nitrogens is 12. The Bertz CT molecular complexity index is 3210. The zero-order chi connectivity index (χ0) is 77.1. The van der Waals surface area contributed by atoms with Crippen LogP contribution in [-0.2, 0) is 105 Å². The van der Waals surface area contributed by atoms with Crippen molar-refractivity contribution < 1.29 is 128 Å². The normalized spacial score (nSPS) is 29.4. The van der Waals surface area contributed by atoms with Crippen molar-refractivity contribution in [2.75, 3.05) is 59.4 Å². The van der Waals surface area contributed by atoms with E-state index in [-0.39, 0.29) is 32.7 Å². The van der Waals surface area contributed by atoms with E-state index < -0.39 is 173 Å². The summed E-state index contributed by atoms with van der Waals surface area (Å²) in [6.07, 6.45) is -2.16. The summed E-state index contributed by atoms with van der Waals surface area (Å²) in [6, 6.07) is -3.15. The number of aromatic amines is 2. The van der Waals surface area contributed by atoms with E-state index >= 15 is 0 Å². The zero-order valence-electron chi connectivity index (χ0n) is 61.5. The van der Waals surface area contributed by atoms with Crippen LogP contribution in [0.4, 0.5) is 0 Å². The maximum absolute atomic E-state index is 13.7. The third-order valence-corrected chi connectivity index (χ3v) is 19.8. The van der Waals surface area contributed by atoms with Crippen LogP contribution < -0.4 is 20.0 Å². The number of carboxylic acids is 1. The molecule has 17 N–H and O–H groups in total. The van der Waals surface area contributed by atoms with Gasteiger partial charge in [0.05, 0.1) is 63.1 Å². The number of aryl methyl sites for hydroxylation is 4. The second kappa shape index (κ2) is 44.2. The lowest BCUT2D eigenvalue weighted by molar-refractivity contribution is -0.754. The molecule has 21 atom stereocenters. The average molecular weight is 1530 g/mol. The quantitative estimate of drug-likeness (QED) is 0.0145. The molecule has 8 heterocycles. The van der Waals surface area contributed by atoms with Gasteiger partial charge in [-0.2, -0.15) is 9.36 Å². The first-order valence-electron chi connectivity index (χ1n) is 37.3. The maximum Gasteiger partial charge on any atom is 0.320 e. The number of hydrogen-bond donors (Lipinski definition) is 17. The van der Waals surface area contributed by atoms with Crippen molar-refractivity contribution in [1.82, 2.24) is 71.0 Å². The van der Waals surface area contributed by atoms with Gasteiger partial charge >= 0.3 is 5.97 Å². The summed E-state index contributed by atoms with van der Waals surface area (Å²) in [5.41, 5.74) is 2.46. The lowest BCUT2D eigenvalue weighted by Gasteiger charge is -2.42. The number of aliphatic hydroxyl groups excluding tert-OH is 12. The number of nitrogens with zero attached hydrogens (tertiary/aromatic N) is 12. The van der Waals surface area contributed by atoms with Crippen LogP contribution in [0.5, 0.6) is 0 Å². The van der Waals surface area contributed by atoms with Crippen molar-refractivity contribution in [2.45, 2.75) is 286 Å². The van der Waals surface area contributed by atoms with E-state index in [4.69, 9.17) is 37.9 Å². The van der Waals surface area contributed by atoms with Crippen LogP contribution in [0.2, 0.25) is 0 Å². The highest BCUT2D eigenvalue weighted by atomic mass is 16.7. The monoisotopic (exact) mass is 1530 g/mol. The molecule has 0 spiro atoms. The Kier molecular flexibility index (Phi) is 35.8. The number of hydrogen-bond acceptors (Lipinski definition) is 31. The first-order chi connectivity index (χ1) is 51.5. The first kappa shape index (κ1) is 86.7. The van der Waals surface area contributed by atoms with Gasteiger partial charge < -0.3 is 115 Å². The molecule has 4 aliphatic rings. The molecule has 40 heteroatoms. The van der Waals surface area contributed by atoms with Gasteiger partial charge in [0.25, 0.3) is 0 Å². The van der Waals surface area contributed by atoms with Crippen LogP contribution in [0.15, 0.2) is 24.8 Å². The minimum atomic E-state index is -1.44. The molecule has 4 aromatic rings. The molecule has 0 saturated carbocycles. The van der Waals surface area contributed by atoms with E-state index in [1.807, 2.05) is 28.2 Å². The van der Waals surface area contributed by atoms with Crippen LogP contribution in [0.3, 0.4) is 0 Å². The summed E-state index contributed by atoms with van der Waals surface area (Å²) in [5.74, 6) is -2.99. The Morgan fingerprint density at radius 3 is 1.27 bits per heavy atom. The standard InChI is InChI=1S/C67H114N16O24/c1-40-55(90)57(92)49(36-84)104-64(40)100-24-13-5-9-20-80-32-44(70-74-80)28-78(29-45-33-81(75-71-45)21-11-7-15-26-102-66-53(68-42(3)88)61(96)59(94)51(38-86)106-66)19-17-18-48(63(98)99)79(30-46-34-82(76-72-46)22-10-6-14-25-101-65-41(2)56(91)58(93)50(37-85)105-65)31-47-35-83(77-73-47)23-12-8-16-27-103-67-54(69-43(4)89)62(97)60(95)52(39-87)107-67/h32-35,40-41,48-62,64-67,84-87,90-97H,5-31,36-39H2,1-4H3,(H3,68,69,88,89,98,99)/p+2/t40-,41-,48?,49-,50-,51-,52-,53-,54-,55-,56-,57+,58+,59+,60+,61-,62-,64-,65-,66-,67-/m1/s1. The summed E-state index contributed by atoms with van der Waals surface area (Å²) in [7, 11) is 0. The average Bonchev–Trinajstić information content (AvgIpc) is 1.67. The molecule has 2 amide bonds. The molecule has 8 rings (SSSR count). The van der Waals surface area contributed by atoms with Gasteiger partial charge in [-0.05, 0) is 96.4 Å². The highest BCUT2D eigenvalue weighted by molar-refractivity contribution is 5.74. The predicted octanol–water partition coefficient (Wildman–Crippen LogP) is -5.39. The number of nitrogens with one attached hydrogen (secondary N) is 4. The minimum absolute atomic E-state index is 0.0951. The molecule has 107 heavy (non-hydrogen) atoms. The Balaban J connectivity index is 0.896. The number of carbonyl (C=O) groups excluding carboxylic acids is 2. The molecule has 606 valence electrons. The summed E-state index contributed by atoms with van der Waals surface area (Å²) >= 11 is 0. The Morgan fingerprint density at radius 1 is 0.495 bits per heavy atom. The molecular formula is C67H116N16O24+2. The number of H-pyrrole nitrogens is 2. The molecule has 0 radical (unpaired) electrons. The fourth-order valence-corrected chi connectivity index (χ4v) is 13.6. The van der Waals surface area contributed by atoms with Gasteiger partial charge in [0.15, 0.2) is 37.6 Å². The SMILES string of the molecule is CC(=O)N[C@H]1[C@H](OCCCCC[n+]2cc(CN(CCCC(C(=O)O)N(Cc3cn(CCCCCO[C@@H]4O[C@H](CO)[C@H](O)[C@H](O)[C@H]4C)nn3)Cc3c[n+](CCCCCO[C@@H]4O[C@H](CO)[C@H](O)[C@H](O)[C@H]4NC(C)=O)[nH]n3)Cc3cn(CCCCCO[C@@H]4O[C@H](CO)[C@H](O)[C@H](O)[C@H]4C)nn3)n[nH]2)O[C@H](CO)[C@H](O)[C@@H]1O. The lowest BCUT2D eigenvalue weighted by atomic mass is 9.92. The molecule has 1 unspecified atom stereocenters. The van der Waals surface area contributed by atoms with Gasteiger partial charge in [-0.3, -0.25) is 33.5 Å². The Labute approximate surface area is 620 Å². The molecule has 40 nitrogen and oxygen atoms in total. The number of ether oxygens (including phenoxy) is 8. The first-order valence-corrected chi connectivity index (χ1v) is 37.3. The van der Waals surface area contributed by atoms with E-state index in [2.05, 4.69) is 56.8 Å². The third-order valence-electron chi connectivity index (χ3n) is 19.8. The van der Waals surface area contributed by atoms with Crippen molar-refractivity contribution in [3.63, 3.8) is 0 Å². The fourth-order valence-electron chi connectivity index (χ4n) is 13.6. The summed E-state index contributed by atoms with van der Waals surface area (Å²) in [5, 5.41) is 172.